The predicted molar refractivity (Wildman–Crippen MR) is 75.6 cm³/mol. The maximum absolute atomic E-state index is 9.05. The highest BCUT2D eigenvalue weighted by Gasteiger charge is 2.53. The molecule has 7 heteroatoms. The number of nitrogens with zero attached hydrogens (tertiary/aromatic N) is 2. The first kappa shape index (κ1) is 15.9. The van der Waals surface area contributed by atoms with E-state index in [-0.39, 0.29) is 10.6 Å². The molecule has 0 radical (unpaired) electrons. The molecule has 1 aliphatic rings. The van der Waals surface area contributed by atoms with Gasteiger partial charge in [-0.2, -0.15) is 5.26 Å². The zero-order valence-corrected chi connectivity index (χ0v) is 12.9. The monoisotopic (exact) mass is 310 g/mol. The average molecular weight is 311 g/mol. The highest BCUT2D eigenvalue weighted by Crippen LogP contribution is 2.35. The largest absolute Gasteiger partial charge is 0.345 e. The highest BCUT2D eigenvalue weighted by molar-refractivity contribution is 6.31. The summed E-state index contributed by atoms with van der Waals surface area (Å²) in [6.45, 7) is 0. The van der Waals surface area contributed by atoms with Crippen LogP contribution < -0.4 is 10.6 Å². The molecular weight excluding hydrogens is 296 g/mol. The fraction of sp³-hybridized carbons (Fsp3) is 0.429. The first-order chi connectivity index (χ1) is 10.0. The van der Waals surface area contributed by atoms with E-state index in [0.29, 0.717) is 10.6 Å². The van der Waals surface area contributed by atoms with Crippen LogP contribution in [0, 0.1) is 11.3 Å². The average Bonchev–Trinajstić information content (AvgIpc) is 2.54. The Hall–Kier alpha value is -1.49. The van der Waals surface area contributed by atoms with Crippen molar-refractivity contribution in [1.29, 1.82) is 5.26 Å². The summed E-state index contributed by atoms with van der Waals surface area (Å²) in [5.41, 5.74) is 0.267. The maximum Gasteiger partial charge on any atom is 0.250 e. The molecular formula is C14H15ClN2O4. The fourth-order valence-corrected chi connectivity index (χ4v) is 2.63. The van der Waals surface area contributed by atoms with Gasteiger partial charge in [-0.1, -0.05) is 11.6 Å². The van der Waals surface area contributed by atoms with Crippen molar-refractivity contribution >= 4 is 23.8 Å². The lowest BCUT2D eigenvalue weighted by Gasteiger charge is -2.43. The molecule has 1 aromatic rings. The van der Waals surface area contributed by atoms with Gasteiger partial charge in [0.05, 0.1) is 15.9 Å². The fourth-order valence-electron chi connectivity index (χ4n) is 2.39. The molecule has 0 saturated carbocycles. The number of methoxy groups -OCH3 is 4. The Labute approximate surface area is 127 Å². The van der Waals surface area contributed by atoms with Crippen molar-refractivity contribution in [3.63, 3.8) is 0 Å². The summed E-state index contributed by atoms with van der Waals surface area (Å²) in [5.74, 6) is -2.68. The van der Waals surface area contributed by atoms with E-state index >= 15 is 0 Å². The molecule has 0 unspecified atom stereocenters. The van der Waals surface area contributed by atoms with Crippen molar-refractivity contribution in [1.82, 2.24) is 4.98 Å². The number of nitriles is 1. The second-order valence-corrected chi connectivity index (χ2v) is 4.71. The van der Waals surface area contributed by atoms with Crippen LogP contribution in [0.5, 0.6) is 0 Å². The molecule has 0 spiro atoms. The number of fused-ring (bicyclic) bond motifs is 1. The minimum absolute atomic E-state index is 0.267. The molecule has 6 nitrogen and oxygen atoms in total. The van der Waals surface area contributed by atoms with Crippen LogP contribution in [0.2, 0.25) is 5.02 Å². The number of aromatic nitrogens is 1. The van der Waals surface area contributed by atoms with Crippen molar-refractivity contribution in [2.75, 3.05) is 28.4 Å². The summed E-state index contributed by atoms with van der Waals surface area (Å²) in [7, 11) is 5.86. The maximum atomic E-state index is 9.05. The molecule has 0 aliphatic heterocycles. The van der Waals surface area contributed by atoms with E-state index in [0.717, 1.165) is 0 Å². The zero-order chi connectivity index (χ0) is 15.7. The molecule has 0 saturated heterocycles. The van der Waals surface area contributed by atoms with Crippen LogP contribution in [0.4, 0.5) is 0 Å². The predicted octanol–water partition coefficient (Wildman–Crippen LogP) is 0.159. The lowest BCUT2D eigenvalue weighted by molar-refractivity contribution is -0.328. The van der Waals surface area contributed by atoms with E-state index < -0.39 is 11.6 Å². The van der Waals surface area contributed by atoms with E-state index in [9.17, 15) is 0 Å². The molecule has 112 valence electrons. The summed E-state index contributed by atoms with van der Waals surface area (Å²) in [4.78, 5) is 4.21. The van der Waals surface area contributed by atoms with Crippen LogP contribution in [-0.4, -0.2) is 45.0 Å². The second-order valence-electron chi connectivity index (χ2n) is 4.34. The Morgan fingerprint density at radius 2 is 1.57 bits per heavy atom. The van der Waals surface area contributed by atoms with Crippen LogP contribution in [-0.2, 0) is 18.9 Å². The Bertz CT molecular complexity index is 703. The number of halogens is 1. The Morgan fingerprint density at radius 3 is 2.05 bits per heavy atom. The minimum atomic E-state index is -1.36. The van der Waals surface area contributed by atoms with Crippen molar-refractivity contribution in [3.05, 3.63) is 27.4 Å². The first-order valence-corrected chi connectivity index (χ1v) is 6.42. The number of hydrogen-bond donors (Lipinski definition) is 0. The van der Waals surface area contributed by atoms with Gasteiger partial charge >= 0.3 is 0 Å². The molecule has 1 heterocycles. The van der Waals surface area contributed by atoms with Gasteiger partial charge < -0.3 is 18.9 Å². The van der Waals surface area contributed by atoms with Crippen LogP contribution in [0.25, 0.3) is 12.2 Å². The zero-order valence-electron chi connectivity index (χ0n) is 12.1. The quantitative estimate of drug-likeness (QED) is 0.738. The Kier molecular flexibility index (Phi) is 4.33. The lowest BCUT2D eigenvalue weighted by Crippen LogP contribution is -2.61. The lowest BCUT2D eigenvalue weighted by atomic mass is 9.97. The minimum Gasteiger partial charge on any atom is -0.345 e. The van der Waals surface area contributed by atoms with Gasteiger partial charge in [0, 0.05) is 45.9 Å². The Balaban J connectivity index is 2.90. The van der Waals surface area contributed by atoms with E-state index in [1.807, 2.05) is 6.07 Å². The van der Waals surface area contributed by atoms with Gasteiger partial charge in [-0.05, 0) is 6.08 Å². The van der Waals surface area contributed by atoms with E-state index in [1.54, 1.807) is 12.2 Å². The molecule has 0 atom stereocenters. The third-order valence-corrected chi connectivity index (χ3v) is 3.97. The topological polar surface area (TPSA) is 73.6 Å². The van der Waals surface area contributed by atoms with Crippen LogP contribution in [0.15, 0.2) is 6.20 Å². The van der Waals surface area contributed by atoms with Crippen LogP contribution >= 0.6 is 11.6 Å². The van der Waals surface area contributed by atoms with E-state index in [2.05, 4.69) is 4.98 Å². The van der Waals surface area contributed by atoms with Crippen molar-refractivity contribution in [3.8, 4) is 6.07 Å². The summed E-state index contributed by atoms with van der Waals surface area (Å²) < 4.78 is 21.9. The van der Waals surface area contributed by atoms with Gasteiger partial charge in [-0.15, -0.1) is 0 Å². The van der Waals surface area contributed by atoms with Crippen molar-refractivity contribution < 1.29 is 18.9 Å². The highest BCUT2D eigenvalue weighted by atomic mass is 35.5. The molecule has 1 aromatic heterocycles. The third kappa shape index (κ3) is 2.14. The molecule has 0 aromatic carbocycles. The SMILES string of the molecule is COC1(OC)C=c2ncc(C#N)c(Cl)c2=CC1(OC)OC. The molecule has 0 amide bonds. The normalized spacial score (nSPS) is 18.1. The number of ether oxygens (including phenoxy) is 4. The molecule has 2 rings (SSSR count). The molecule has 0 fully saturated rings. The molecule has 0 N–H and O–H groups in total. The molecule has 21 heavy (non-hydrogen) atoms. The van der Waals surface area contributed by atoms with Crippen molar-refractivity contribution in [2.45, 2.75) is 11.6 Å². The van der Waals surface area contributed by atoms with Gasteiger partial charge in [0.15, 0.2) is 0 Å². The van der Waals surface area contributed by atoms with Crippen molar-refractivity contribution in [2.24, 2.45) is 0 Å². The summed E-state index contributed by atoms with van der Waals surface area (Å²) in [5, 5.41) is 10.4. The molecule has 0 bridgehead atoms. The van der Waals surface area contributed by atoms with E-state index in [4.69, 9.17) is 35.8 Å². The summed E-state index contributed by atoms with van der Waals surface area (Å²) in [6, 6.07) is 1.98. The smallest absolute Gasteiger partial charge is 0.250 e. The number of hydrogen-bond acceptors (Lipinski definition) is 6. The standard InChI is InChI=1S/C14H15ClN2O4/c1-18-13(19-2)5-10-11(6-14(13,20-3)21-4)17-8-9(7-16)12(10)15/h5-6,8H,1-4H3. The molecule has 1 aliphatic carbocycles. The van der Waals surface area contributed by atoms with E-state index in [1.165, 1.54) is 34.6 Å². The summed E-state index contributed by atoms with van der Waals surface area (Å²) >= 11 is 6.24. The summed E-state index contributed by atoms with van der Waals surface area (Å²) in [6.07, 6.45) is 4.61. The Morgan fingerprint density at radius 1 is 1.05 bits per heavy atom. The first-order valence-electron chi connectivity index (χ1n) is 6.04. The van der Waals surface area contributed by atoms with Crippen LogP contribution in [0.1, 0.15) is 5.56 Å². The van der Waals surface area contributed by atoms with Crippen LogP contribution in [0.3, 0.4) is 0 Å². The van der Waals surface area contributed by atoms with Gasteiger partial charge in [-0.3, -0.25) is 4.98 Å². The number of rotatable bonds is 4. The van der Waals surface area contributed by atoms with Gasteiger partial charge in [0.25, 0.3) is 0 Å². The van der Waals surface area contributed by atoms with Gasteiger partial charge in [0.2, 0.25) is 11.6 Å². The van der Waals surface area contributed by atoms with Gasteiger partial charge in [-0.25, -0.2) is 0 Å². The number of pyridine rings is 1. The third-order valence-electron chi connectivity index (χ3n) is 3.56. The second kappa shape index (κ2) is 5.72. The van der Waals surface area contributed by atoms with Gasteiger partial charge in [0.1, 0.15) is 6.07 Å².